The van der Waals surface area contributed by atoms with Crippen molar-refractivity contribution in [3.63, 3.8) is 0 Å². The van der Waals surface area contributed by atoms with Crippen LogP contribution in [0.1, 0.15) is 5.56 Å². The molecule has 1 heterocycles. The molecule has 0 saturated carbocycles. The second-order valence-electron chi connectivity index (χ2n) is 5.86. The summed E-state index contributed by atoms with van der Waals surface area (Å²) < 4.78 is 10.5. The fourth-order valence-electron chi connectivity index (χ4n) is 2.78. The third-order valence-electron chi connectivity index (χ3n) is 4.16. The molecule has 0 bridgehead atoms. The Balaban J connectivity index is 1.72. The number of methoxy groups -OCH3 is 2. The maximum Gasteiger partial charge on any atom is 0.161 e. The van der Waals surface area contributed by atoms with Crippen LogP contribution in [0, 0.1) is 5.92 Å². The molecule has 26 heavy (non-hydrogen) atoms. The minimum Gasteiger partial charge on any atom is -0.493 e. The van der Waals surface area contributed by atoms with Crippen LogP contribution in [0.3, 0.4) is 0 Å². The molecular formula is C20H21N3O3. The van der Waals surface area contributed by atoms with Gasteiger partial charge in [-0.15, -0.1) is 0 Å². The van der Waals surface area contributed by atoms with Crippen LogP contribution in [0.4, 0.5) is 5.69 Å². The average molecular weight is 351 g/mol. The van der Waals surface area contributed by atoms with Gasteiger partial charge in [-0.25, -0.2) is 5.01 Å². The van der Waals surface area contributed by atoms with Crippen LogP contribution >= 0.6 is 0 Å². The molecule has 3 rings (SSSR count). The third-order valence-corrected chi connectivity index (χ3v) is 4.16. The number of nitrogens with zero attached hydrogens (tertiary/aromatic N) is 2. The summed E-state index contributed by atoms with van der Waals surface area (Å²) in [5.41, 5.74) is 7.77. The number of ketones is 1. The van der Waals surface area contributed by atoms with E-state index in [1.54, 1.807) is 43.6 Å². The molecule has 0 spiro atoms. The van der Waals surface area contributed by atoms with Crippen molar-refractivity contribution >= 4 is 17.3 Å². The Kier molecular flexibility index (Phi) is 5.22. The lowest BCUT2D eigenvalue weighted by molar-refractivity contribution is -0.119. The highest BCUT2D eigenvalue weighted by atomic mass is 16.5. The molecule has 1 aliphatic rings. The second-order valence-corrected chi connectivity index (χ2v) is 5.86. The molecule has 0 aromatic heterocycles. The van der Waals surface area contributed by atoms with Gasteiger partial charge in [0.05, 0.1) is 25.8 Å². The molecule has 2 aromatic rings. The van der Waals surface area contributed by atoms with Crippen LogP contribution in [0.5, 0.6) is 11.5 Å². The van der Waals surface area contributed by atoms with E-state index in [-0.39, 0.29) is 18.0 Å². The molecule has 6 nitrogen and oxygen atoms in total. The summed E-state index contributed by atoms with van der Waals surface area (Å²) in [7, 11) is 3.14. The van der Waals surface area contributed by atoms with Crippen molar-refractivity contribution in [3.8, 4) is 11.5 Å². The zero-order valence-corrected chi connectivity index (χ0v) is 14.8. The monoisotopic (exact) mass is 351 g/mol. The van der Waals surface area contributed by atoms with Gasteiger partial charge in [0.1, 0.15) is 5.84 Å². The Hall–Kier alpha value is -3.28. The number of carbonyl (C=O) groups is 1. The molecular weight excluding hydrogens is 330 g/mol. The lowest BCUT2D eigenvalue weighted by Gasteiger charge is -2.23. The Labute approximate surface area is 152 Å². The largest absolute Gasteiger partial charge is 0.493 e. The summed E-state index contributed by atoms with van der Waals surface area (Å²) in [6, 6.07) is 15.0. The summed E-state index contributed by atoms with van der Waals surface area (Å²) in [5, 5.41) is 6.00. The molecule has 2 aromatic carbocycles. The molecule has 1 unspecified atom stereocenters. The van der Waals surface area contributed by atoms with Gasteiger partial charge in [0.25, 0.3) is 0 Å². The second kappa shape index (κ2) is 7.74. The normalized spacial score (nSPS) is 16.2. The summed E-state index contributed by atoms with van der Waals surface area (Å²) >= 11 is 0. The van der Waals surface area contributed by atoms with Crippen LogP contribution in [0.25, 0.3) is 0 Å². The first-order valence-electron chi connectivity index (χ1n) is 8.22. The lowest BCUT2D eigenvalue weighted by atomic mass is 9.96. The number of anilines is 1. The average Bonchev–Trinajstić information content (AvgIpc) is 2.68. The number of hydrogen-bond acceptors (Lipinski definition) is 6. The number of amidine groups is 1. The van der Waals surface area contributed by atoms with E-state index in [0.717, 1.165) is 11.3 Å². The Morgan fingerprint density at radius 1 is 1.12 bits per heavy atom. The molecule has 0 radical (unpaired) electrons. The van der Waals surface area contributed by atoms with Gasteiger partial charge in [-0.1, -0.05) is 24.3 Å². The summed E-state index contributed by atoms with van der Waals surface area (Å²) in [6.45, 7) is 0. The summed E-state index contributed by atoms with van der Waals surface area (Å²) in [6.07, 6.45) is 3.78. The van der Waals surface area contributed by atoms with Crippen molar-refractivity contribution in [2.45, 2.75) is 6.42 Å². The number of carbonyl (C=O) groups excluding carboxylic acids is 1. The molecule has 134 valence electrons. The number of Topliss-reactive ketones (excluding diaryl/α,β-unsaturated/α-hetero) is 1. The highest BCUT2D eigenvalue weighted by Gasteiger charge is 2.24. The van der Waals surface area contributed by atoms with Crippen LogP contribution in [-0.2, 0) is 11.2 Å². The predicted molar refractivity (Wildman–Crippen MR) is 101 cm³/mol. The van der Waals surface area contributed by atoms with E-state index in [1.165, 1.54) is 0 Å². The van der Waals surface area contributed by atoms with Gasteiger partial charge in [0, 0.05) is 12.6 Å². The van der Waals surface area contributed by atoms with Crippen LogP contribution < -0.4 is 20.2 Å². The minimum atomic E-state index is -0.539. The fraction of sp³-hybridized carbons (Fsp3) is 0.200. The van der Waals surface area contributed by atoms with E-state index < -0.39 is 5.92 Å². The molecule has 2 N–H and O–H groups in total. The van der Waals surface area contributed by atoms with Crippen LogP contribution in [0.15, 0.2) is 65.9 Å². The lowest BCUT2D eigenvalue weighted by Crippen LogP contribution is -2.35. The number of ether oxygens (including phenoxy) is 2. The van der Waals surface area contributed by atoms with Crippen molar-refractivity contribution in [1.82, 2.24) is 0 Å². The molecule has 1 atom stereocenters. The van der Waals surface area contributed by atoms with Crippen molar-refractivity contribution in [2.75, 3.05) is 19.2 Å². The molecule has 0 aliphatic carbocycles. The molecule has 0 fully saturated rings. The van der Waals surface area contributed by atoms with Gasteiger partial charge < -0.3 is 15.2 Å². The van der Waals surface area contributed by atoms with Gasteiger partial charge in [-0.2, -0.15) is 5.10 Å². The maximum absolute atomic E-state index is 12.7. The number of benzene rings is 2. The summed E-state index contributed by atoms with van der Waals surface area (Å²) in [5.74, 6) is 0.932. The number of hydrogen-bond donors (Lipinski definition) is 1. The van der Waals surface area contributed by atoms with Gasteiger partial charge in [0.2, 0.25) is 0 Å². The minimum absolute atomic E-state index is 0.0255. The first kappa shape index (κ1) is 17.5. The van der Waals surface area contributed by atoms with Gasteiger partial charge >= 0.3 is 0 Å². The SMILES string of the molecule is COc1ccc(CC(=O)C2C=CN(c3ccccc3)N=C2N)cc1OC. The molecule has 0 saturated heterocycles. The van der Waals surface area contributed by atoms with Crippen molar-refractivity contribution in [3.05, 3.63) is 66.4 Å². The fourth-order valence-corrected chi connectivity index (χ4v) is 2.78. The number of rotatable bonds is 6. The standard InChI is InChI=1S/C20H21N3O3/c1-25-18-9-8-14(13-19(18)26-2)12-17(24)16-10-11-23(22-20(16)21)15-6-4-3-5-7-15/h3-11,13,16H,12H2,1-2H3,(H2,21,22). The van der Waals surface area contributed by atoms with Crippen molar-refractivity contribution in [2.24, 2.45) is 16.8 Å². The van der Waals surface area contributed by atoms with E-state index in [2.05, 4.69) is 5.10 Å². The first-order chi connectivity index (χ1) is 12.6. The molecule has 1 aliphatic heterocycles. The smallest absolute Gasteiger partial charge is 0.161 e. The van der Waals surface area contributed by atoms with Gasteiger partial charge in [-0.05, 0) is 35.9 Å². The van der Waals surface area contributed by atoms with Crippen molar-refractivity contribution in [1.29, 1.82) is 0 Å². The van der Waals surface area contributed by atoms with E-state index in [9.17, 15) is 4.79 Å². The predicted octanol–water partition coefficient (Wildman–Crippen LogP) is 2.74. The highest BCUT2D eigenvalue weighted by Crippen LogP contribution is 2.28. The molecule has 6 heteroatoms. The van der Waals surface area contributed by atoms with Crippen LogP contribution in [-0.4, -0.2) is 25.8 Å². The number of hydrazone groups is 1. The Morgan fingerprint density at radius 2 is 1.85 bits per heavy atom. The zero-order valence-electron chi connectivity index (χ0n) is 14.8. The van der Waals surface area contributed by atoms with E-state index in [1.807, 2.05) is 36.4 Å². The van der Waals surface area contributed by atoms with E-state index in [0.29, 0.717) is 11.5 Å². The first-order valence-corrected chi connectivity index (χ1v) is 8.22. The quantitative estimate of drug-likeness (QED) is 0.866. The van der Waals surface area contributed by atoms with Gasteiger partial charge in [-0.3, -0.25) is 4.79 Å². The third kappa shape index (κ3) is 3.69. The zero-order chi connectivity index (χ0) is 18.5. The Bertz CT molecular complexity index is 847. The maximum atomic E-state index is 12.7. The van der Waals surface area contributed by atoms with Crippen LogP contribution in [0.2, 0.25) is 0 Å². The summed E-state index contributed by atoms with van der Waals surface area (Å²) in [4.78, 5) is 12.7. The van der Waals surface area contributed by atoms with Gasteiger partial charge in [0.15, 0.2) is 17.3 Å². The van der Waals surface area contributed by atoms with E-state index in [4.69, 9.17) is 15.2 Å². The Morgan fingerprint density at radius 3 is 2.50 bits per heavy atom. The number of para-hydroxylation sites is 1. The topological polar surface area (TPSA) is 77.2 Å². The number of nitrogens with two attached hydrogens (primary N) is 1. The molecule has 0 amide bonds. The van der Waals surface area contributed by atoms with Crippen molar-refractivity contribution < 1.29 is 14.3 Å². The highest BCUT2D eigenvalue weighted by molar-refractivity contribution is 6.06. The van der Waals surface area contributed by atoms with E-state index >= 15 is 0 Å².